The molecule has 0 heterocycles. The van der Waals surface area contributed by atoms with E-state index in [-0.39, 0.29) is 12.1 Å². The van der Waals surface area contributed by atoms with Crippen LogP contribution in [0.25, 0.3) is 0 Å². The zero-order valence-corrected chi connectivity index (χ0v) is 21.5. The monoisotopic (exact) mass is 601 g/mol. The van der Waals surface area contributed by atoms with E-state index >= 15 is 0 Å². The third-order valence-corrected chi connectivity index (χ3v) is 9.78. The van der Waals surface area contributed by atoms with Gasteiger partial charge in [0, 0.05) is 0 Å². The summed E-state index contributed by atoms with van der Waals surface area (Å²) in [4.78, 5) is 0. The van der Waals surface area contributed by atoms with Crippen LogP contribution in [0.2, 0.25) is 0 Å². The molecule has 0 fully saturated rings. The molecule has 158 valence electrons. The minimum absolute atomic E-state index is 0.145. The van der Waals surface area contributed by atoms with Gasteiger partial charge in [0.25, 0.3) is 0 Å². The SMILES string of the molecule is Cc1cc(C)c(C(N)C[N](CC(N)c2c(C)cc(C)cc2C)[Ir]([Cl])[Cl])c(C)c1. The summed E-state index contributed by atoms with van der Waals surface area (Å²) in [6.45, 7) is 13.9. The van der Waals surface area contributed by atoms with Crippen molar-refractivity contribution in [3.05, 3.63) is 68.8 Å². The van der Waals surface area contributed by atoms with Gasteiger partial charge < -0.3 is 0 Å². The average Bonchev–Trinajstić information content (AvgIpc) is 2.51. The van der Waals surface area contributed by atoms with E-state index in [0.29, 0.717) is 13.1 Å². The fourth-order valence-corrected chi connectivity index (χ4v) is 7.42. The fourth-order valence-electron chi connectivity index (χ4n) is 4.31. The van der Waals surface area contributed by atoms with Crippen molar-refractivity contribution in [1.29, 1.82) is 0 Å². The van der Waals surface area contributed by atoms with Gasteiger partial charge in [0.1, 0.15) is 0 Å². The van der Waals surface area contributed by atoms with Gasteiger partial charge in [-0.3, -0.25) is 0 Å². The Morgan fingerprint density at radius 1 is 0.714 bits per heavy atom. The number of rotatable bonds is 7. The first-order valence-electron chi connectivity index (χ1n) is 9.40. The fraction of sp³-hybridized carbons (Fsp3) is 0.455. The number of halogens is 2. The normalized spacial score (nSPS) is 14.3. The molecule has 0 saturated carbocycles. The molecule has 0 radical (unpaired) electrons. The second kappa shape index (κ2) is 10.0. The Morgan fingerprint density at radius 2 is 1.00 bits per heavy atom. The molecule has 0 aliphatic heterocycles. The Balaban J connectivity index is 2.23. The van der Waals surface area contributed by atoms with E-state index in [2.05, 4.69) is 69.4 Å². The third kappa shape index (κ3) is 5.79. The Bertz CT molecular complexity index is 727. The van der Waals surface area contributed by atoms with Crippen LogP contribution in [0, 0.1) is 41.5 Å². The van der Waals surface area contributed by atoms with Crippen LogP contribution >= 0.6 is 19.2 Å². The van der Waals surface area contributed by atoms with E-state index in [0.717, 1.165) is 0 Å². The van der Waals surface area contributed by atoms with Crippen LogP contribution in [0.1, 0.15) is 56.6 Å². The van der Waals surface area contributed by atoms with E-state index in [9.17, 15) is 0 Å². The van der Waals surface area contributed by atoms with Gasteiger partial charge in [-0.1, -0.05) is 0 Å². The molecule has 0 bridgehead atoms. The summed E-state index contributed by atoms with van der Waals surface area (Å²) in [7, 11) is 12.9. The minimum atomic E-state index is -2.40. The summed E-state index contributed by atoms with van der Waals surface area (Å²) in [5, 5.41) is 0. The summed E-state index contributed by atoms with van der Waals surface area (Å²) in [5.74, 6) is 0. The maximum atomic E-state index is 6.61. The summed E-state index contributed by atoms with van der Waals surface area (Å²) in [6, 6.07) is 8.42. The zero-order valence-electron chi connectivity index (χ0n) is 17.6. The average molecular weight is 602 g/mol. The van der Waals surface area contributed by atoms with E-state index in [1.165, 1.54) is 44.5 Å². The quantitative estimate of drug-likeness (QED) is 0.448. The molecule has 0 aliphatic carbocycles. The van der Waals surface area contributed by atoms with Crippen LogP contribution < -0.4 is 11.5 Å². The number of aryl methyl sites for hydroxylation is 6. The zero-order chi connectivity index (χ0) is 21.2. The Morgan fingerprint density at radius 3 is 1.25 bits per heavy atom. The van der Waals surface area contributed by atoms with Crippen molar-refractivity contribution < 1.29 is 14.7 Å². The first-order chi connectivity index (χ1) is 13.0. The molecule has 2 aromatic rings. The molecule has 0 aliphatic rings. The van der Waals surface area contributed by atoms with E-state index in [4.69, 9.17) is 30.6 Å². The van der Waals surface area contributed by atoms with Crippen LogP contribution in [-0.2, 0) is 14.7 Å². The number of benzene rings is 2. The summed E-state index contributed by atoms with van der Waals surface area (Å²) >= 11 is -2.40. The van der Waals surface area contributed by atoms with Crippen LogP contribution in [-0.4, -0.2) is 16.7 Å². The predicted molar refractivity (Wildman–Crippen MR) is 118 cm³/mol. The molecular weight excluding hydrogens is 569 g/mol. The van der Waals surface area contributed by atoms with E-state index < -0.39 is 14.7 Å². The summed E-state index contributed by atoms with van der Waals surface area (Å²) < 4.78 is 2.12. The molecule has 2 aromatic carbocycles. The maximum absolute atomic E-state index is 6.61. The second-order valence-corrected chi connectivity index (χ2v) is 15.4. The van der Waals surface area contributed by atoms with Gasteiger partial charge >= 0.3 is 184 Å². The van der Waals surface area contributed by atoms with E-state index in [1.807, 2.05) is 0 Å². The molecule has 2 unspecified atom stereocenters. The molecule has 0 spiro atoms. The molecule has 0 amide bonds. The second-order valence-electron chi connectivity index (χ2n) is 7.80. The topological polar surface area (TPSA) is 55.3 Å². The van der Waals surface area contributed by atoms with Gasteiger partial charge in [-0.05, 0) is 0 Å². The van der Waals surface area contributed by atoms with Crippen LogP contribution in [0.4, 0.5) is 0 Å². The number of nitrogens with two attached hydrogens (primary N) is 2. The van der Waals surface area contributed by atoms with Crippen LogP contribution in [0.3, 0.4) is 0 Å². The Hall–Kier alpha value is -0.451. The standard InChI is InChI=1S/C22H32N3.2ClH.Ir/c1-13-7-15(3)21(16(4)8-13)19(23)11-25-12-20(24)22-17(5)9-14(2)10-18(22)6;;;/h7-10,19-20H,11-12,23-24H2,1-6H3;2*1H;/q-1;;;+3/p-2. The predicted octanol–water partition coefficient (Wildman–Crippen LogP) is 5.38. The van der Waals surface area contributed by atoms with Crippen molar-refractivity contribution in [2.75, 3.05) is 13.1 Å². The molecule has 28 heavy (non-hydrogen) atoms. The van der Waals surface area contributed by atoms with Gasteiger partial charge in [-0.15, -0.1) is 0 Å². The molecule has 3 nitrogen and oxygen atoms in total. The van der Waals surface area contributed by atoms with Gasteiger partial charge in [-0.2, -0.15) is 0 Å². The number of hydrogen-bond donors (Lipinski definition) is 2. The van der Waals surface area contributed by atoms with Crippen molar-refractivity contribution in [1.82, 2.24) is 3.57 Å². The van der Waals surface area contributed by atoms with Gasteiger partial charge in [-0.25, -0.2) is 0 Å². The van der Waals surface area contributed by atoms with Crippen molar-refractivity contribution in [3.8, 4) is 0 Å². The molecule has 6 heteroatoms. The van der Waals surface area contributed by atoms with Gasteiger partial charge in [0.05, 0.1) is 0 Å². The third-order valence-electron chi connectivity index (χ3n) is 5.15. The summed E-state index contributed by atoms with van der Waals surface area (Å²) in [6.07, 6.45) is 0. The van der Waals surface area contributed by atoms with Crippen molar-refractivity contribution in [2.45, 2.75) is 53.6 Å². The van der Waals surface area contributed by atoms with Crippen molar-refractivity contribution in [2.24, 2.45) is 11.5 Å². The molecule has 4 N–H and O–H groups in total. The molecule has 2 atom stereocenters. The van der Waals surface area contributed by atoms with Crippen molar-refractivity contribution >= 4 is 19.2 Å². The first kappa shape index (κ1) is 23.8. The van der Waals surface area contributed by atoms with Crippen molar-refractivity contribution in [3.63, 3.8) is 0 Å². The van der Waals surface area contributed by atoms with Gasteiger partial charge in [0.15, 0.2) is 0 Å². The molecule has 0 aromatic heterocycles. The van der Waals surface area contributed by atoms with Crippen LogP contribution in [0.5, 0.6) is 0 Å². The summed E-state index contributed by atoms with van der Waals surface area (Å²) in [5.41, 5.74) is 22.9. The number of nitrogens with zero attached hydrogens (tertiary/aromatic N) is 1. The van der Waals surface area contributed by atoms with Crippen LogP contribution in [0.15, 0.2) is 24.3 Å². The first-order valence-corrected chi connectivity index (χ1v) is 16.4. The Kier molecular flexibility index (Phi) is 8.54. The van der Waals surface area contributed by atoms with E-state index in [1.54, 1.807) is 0 Å². The molecular formula is C22H32Cl2IrN3. The number of hydrogen-bond acceptors (Lipinski definition) is 3. The van der Waals surface area contributed by atoms with Gasteiger partial charge in [0.2, 0.25) is 0 Å². The Labute approximate surface area is 183 Å². The molecule has 0 saturated heterocycles. The molecule has 2 rings (SSSR count).